The highest BCUT2D eigenvalue weighted by atomic mass is 15.2. The quantitative estimate of drug-likeness (QED) is 0.556. The first-order chi connectivity index (χ1) is 5.47. The van der Waals surface area contributed by atoms with Crippen LogP contribution in [0.2, 0.25) is 0 Å². The summed E-state index contributed by atoms with van der Waals surface area (Å²) < 4.78 is 0. The first kappa shape index (κ1) is 7.17. The zero-order valence-electron chi connectivity index (χ0n) is 6.92. The molecule has 2 heterocycles. The Labute approximate surface area is 68.3 Å². The maximum Gasteiger partial charge on any atom is 0.0295 e. The summed E-state index contributed by atoms with van der Waals surface area (Å²) in [6.07, 6.45) is 8.59. The van der Waals surface area contributed by atoms with Crippen molar-refractivity contribution in [3.05, 3.63) is 12.3 Å². The van der Waals surface area contributed by atoms with Gasteiger partial charge in [0.1, 0.15) is 0 Å². The van der Waals surface area contributed by atoms with Gasteiger partial charge in [-0.3, -0.25) is 4.90 Å². The fourth-order valence-electron chi connectivity index (χ4n) is 1.98. The highest BCUT2D eigenvalue weighted by Crippen LogP contribution is 2.17. The van der Waals surface area contributed by atoms with Gasteiger partial charge in [0.05, 0.1) is 0 Å². The van der Waals surface area contributed by atoms with Crippen LogP contribution in [0.3, 0.4) is 0 Å². The van der Waals surface area contributed by atoms with Crippen LogP contribution in [0.25, 0.3) is 0 Å². The third kappa shape index (κ3) is 1.56. The Kier molecular flexibility index (Phi) is 2.13. The molecule has 0 radical (unpaired) electrons. The molecule has 2 nitrogen and oxygen atoms in total. The van der Waals surface area contributed by atoms with Gasteiger partial charge >= 0.3 is 0 Å². The average Bonchev–Trinajstić information content (AvgIpc) is 2.28. The topological polar surface area (TPSA) is 15.3 Å². The summed E-state index contributed by atoms with van der Waals surface area (Å²) >= 11 is 0. The number of nitrogens with one attached hydrogen (secondary N) is 1. The van der Waals surface area contributed by atoms with Gasteiger partial charge in [-0.15, -0.1) is 0 Å². The van der Waals surface area contributed by atoms with E-state index in [9.17, 15) is 0 Å². The van der Waals surface area contributed by atoms with Crippen LogP contribution in [0, 0.1) is 0 Å². The standard InChI is InChI=1S/C9H16N2/c1-2-7-11-8-6-10-5-4-9(11)3-1/h4-5,9-10H,1-3,6-8H2. The lowest BCUT2D eigenvalue weighted by Crippen LogP contribution is -2.39. The zero-order chi connectivity index (χ0) is 7.52. The molecule has 0 amide bonds. The van der Waals surface area contributed by atoms with Crippen LogP contribution in [0.5, 0.6) is 0 Å². The molecule has 1 atom stereocenters. The monoisotopic (exact) mass is 152 g/mol. The van der Waals surface area contributed by atoms with Crippen molar-refractivity contribution in [1.29, 1.82) is 0 Å². The molecule has 0 aromatic rings. The highest BCUT2D eigenvalue weighted by Gasteiger charge is 2.20. The Hall–Kier alpha value is -0.500. The van der Waals surface area contributed by atoms with Crippen molar-refractivity contribution in [2.24, 2.45) is 0 Å². The fraction of sp³-hybridized carbons (Fsp3) is 0.778. The van der Waals surface area contributed by atoms with E-state index in [1.165, 1.54) is 32.4 Å². The number of hydrogen-bond acceptors (Lipinski definition) is 2. The van der Waals surface area contributed by atoms with E-state index in [0.717, 1.165) is 12.6 Å². The van der Waals surface area contributed by atoms with Gasteiger partial charge in [-0.05, 0) is 25.6 Å². The van der Waals surface area contributed by atoms with Crippen molar-refractivity contribution < 1.29 is 0 Å². The van der Waals surface area contributed by atoms with Gasteiger partial charge in [0.25, 0.3) is 0 Å². The third-order valence-electron chi connectivity index (χ3n) is 2.64. The summed E-state index contributed by atoms with van der Waals surface area (Å²) in [5, 5.41) is 3.28. The minimum Gasteiger partial charge on any atom is -0.390 e. The van der Waals surface area contributed by atoms with E-state index in [4.69, 9.17) is 0 Å². The van der Waals surface area contributed by atoms with Crippen molar-refractivity contribution in [1.82, 2.24) is 10.2 Å². The summed E-state index contributed by atoms with van der Waals surface area (Å²) in [7, 11) is 0. The van der Waals surface area contributed by atoms with E-state index in [0.29, 0.717) is 0 Å². The minimum absolute atomic E-state index is 0.735. The third-order valence-corrected chi connectivity index (χ3v) is 2.64. The second kappa shape index (κ2) is 3.26. The fourth-order valence-corrected chi connectivity index (χ4v) is 1.98. The van der Waals surface area contributed by atoms with Gasteiger partial charge in [0.15, 0.2) is 0 Å². The molecule has 1 unspecified atom stereocenters. The molecule has 1 saturated heterocycles. The molecule has 2 rings (SSSR count). The van der Waals surface area contributed by atoms with E-state index < -0.39 is 0 Å². The molecule has 2 aliphatic rings. The first-order valence-corrected chi connectivity index (χ1v) is 4.61. The predicted octanol–water partition coefficient (Wildman–Crippen LogP) is 0.958. The Balaban J connectivity index is 2.02. The number of piperidine rings is 1. The van der Waals surface area contributed by atoms with Crippen LogP contribution in [0.1, 0.15) is 19.3 Å². The Morgan fingerprint density at radius 1 is 1.27 bits per heavy atom. The number of fused-ring (bicyclic) bond motifs is 1. The van der Waals surface area contributed by atoms with Gasteiger partial charge in [0.2, 0.25) is 0 Å². The molecule has 0 saturated carbocycles. The first-order valence-electron chi connectivity index (χ1n) is 4.61. The number of hydrogen-bond donors (Lipinski definition) is 1. The predicted molar refractivity (Wildman–Crippen MR) is 46.4 cm³/mol. The minimum atomic E-state index is 0.735. The van der Waals surface area contributed by atoms with Crippen molar-refractivity contribution in [3.8, 4) is 0 Å². The van der Waals surface area contributed by atoms with Crippen molar-refractivity contribution in [2.75, 3.05) is 19.6 Å². The van der Waals surface area contributed by atoms with E-state index in [2.05, 4.69) is 22.5 Å². The van der Waals surface area contributed by atoms with Crippen LogP contribution in [0.4, 0.5) is 0 Å². The summed E-state index contributed by atoms with van der Waals surface area (Å²) in [6.45, 7) is 3.64. The zero-order valence-corrected chi connectivity index (χ0v) is 6.92. The van der Waals surface area contributed by atoms with Crippen LogP contribution in [-0.4, -0.2) is 30.6 Å². The van der Waals surface area contributed by atoms with Gasteiger partial charge < -0.3 is 5.32 Å². The Morgan fingerprint density at radius 2 is 2.27 bits per heavy atom. The SMILES string of the molecule is C1=CC2CCCCN2CCN1. The van der Waals surface area contributed by atoms with Crippen LogP contribution >= 0.6 is 0 Å². The summed E-state index contributed by atoms with van der Waals surface area (Å²) in [4.78, 5) is 2.58. The van der Waals surface area contributed by atoms with E-state index in [1.54, 1.807) is 0 Å². The molecule has 1 N–H and O–H groups in total. The maximum atomic E-state index is 3.28. The maximum absolute atomic E-state index is 3.28. The molecule has 11 heavy (non-hydrogen) atoms. The lowest BCUT2D eigenvalue weighted by atomic mass is 10.0. The molecule has 0 bridgehead atoms. The molecule has 2 heteroatoms. The molecule has 62 valence electrons. The Morgan fingerprint density at radius 3 is 3.27 bits per heavy atom. The second-order valence-corrected chi connectivity index (χ2v) is 3.41. The lowest BCUT2D eigenvalue weighted by Gasteiger charge is -2.32. The van der Waals surface area contributed by atoms with E-state index >= 15 is 0 Å². The molecular weight excluding hydrogens is 136 g/mol. The molecule has 0 aliphatic carbocycles. The van der Waals surface area contributed by atoms with E-state index in [-0.39, 0.29) is 0 Å². The summed E-state index contributed by atoms with van der Waals surface area (Å²) in [5.74, 6) is 0. The summed E-state index contributed by atoms with van der Waals surface area (Å²) in [5.41, 5.74) is 0. The second-order valence-electron chi connectivity index (χ2n) is 3.41. The summed E-state index contributed by atoms with van der Waals surface area (Å²) in [6, 6.07) is 0.735. The Bertz CT molecular complexity index is 154. The van der Waals surface area contributed by atoms with Gasteiger partial charge in [-0.25, -0.2) is 0 Å². The molecular formula is C9H16N2. The van der Waals surface area contributed by atoms with Crippen LogP contribution in [0.15, 0.2) is 12.3 Å². The lowest BCUT2D eigenvalue weighted by molar-refractivity contribution is 0.187. The van der Waals surface area contributed by atoms with Crippen LogP contribution in [-0.2, 0) is 0 Å². The average molecular weight is 152 g/mol. The largest absolute Gasteiger partial charge is 0.390 e. The molecule has 0 spiro atoms. The van der Waals surface area contributed by atoms with Crippen molar-refractivity contribution >= 4 is 0 Å². The van der Waals surface area contributed by atoms with Gasteiger partial charge in [-0.2, -0.15) is 0 Å². The molecule has 0 aromatic heterocycles. The molecule has 1 fully saturated rings. The van der Waals surface area contributed by atoms with Crippen LogP contribution < -0.4 is 5.32 Å². The number of nitrogens with zero attached hydrogens (tertiary/aromatic N) is 1. The number of rotatable bonds is 0. The molecule has 0 aromatic carbocycles. The van der Waals surface area contributed by atoms with Gasteiger partial charge in [0, 0.05) is 19.1 Å². The highest BCUT2D eigenvalue weighted by molar-refractivity contribution is 4.97. The van der Waals surface area contributed by atoms with E-state index in [1.807, 2.05) is 0 Å². The molecule has 2 aliphatic heterocycles. The van der Waals surface area contributed by atoms with Gasteiger partial charge in [-0.1, -0.05) is 12.5 Å². The smallest absolute Gasteiger partial charge is 0.0295 e. The van der Waals surface area contributed by atoms with Crippen molar-refractivity contribution in [2.45, 2.75) is 25.3 Å². The normalized spacial score (nSPS) is 32.2. The van der Waals surface area contributed by atoms with Crippen molar-refractivity contribution in [3.63, 3.8) is 0 Å².